The lowest BCUT2D eigenvalue weighted by Crippen LogP contribution is -2.18. The fourth-order valence-electron chi connectivity index (χ4n) is 1.21. The largest absolute Gasteiger partial charge is 0.478 e. The van der Waals surface area contributed by atoms with Crippen LogP contribution in [-0.4, -0.2) is 11.1 Å². The van der Waals surface area contributed by atoms with E-state index in [1.54, 1.807) is 0 Å². The second-order valence-electron chi connectivity index (χ2n) is 3.18. The van der Waals surface area contributed by atoms with Gasteiger partial charge in [-0.1, -0.05) is 0 Å². The van der Waals surface area contributed by atoms with Gasteiger partial charge in [0.1, 0.15) is 11.4 Å². The van der Waals surface area contributed by atoms with Crippen LogP contribution in [0.5, 0.6) is 0 Å². The topological polar surface area (TPSA) is 37.3 Å². The summed E-state index contributed by atoms with van der Waals surface area (Å²) in [5, 5.41) is 8.38. The number of carboxylic acid groups (broad SMARTS) is 1. The van der Waals surface area contributed by atoms with Crippen molar-refractivity contribution in [1.82, 2.24) is 0 Å². The first-order valence-corrected chi connectivity index (χ1v) is 4.16. The molecule has 1 aromatic carbocycles. The molecule has 9 heteroatoms. The van der Waals surface area contributed by atoms with Gasteiger partial charge in [-0.3, -0.25) is 0 Å². The van der Waals surface area contributed by atoms with Gasteiger partial charge < -0.3 is 5.11 Å². The number of carbonyl (C=O) groups is 1. The number of halogens is 7. The van der Waals surface area contributed by atoms with Gasteiger partial charge >= 0.3 is 18.3 Å². The minimum atomic E-state index is -5.41. The Morgan fingerprint density at radius 3 is 1.83 bits per heavy atom. The molecule has 0 saturated heterocycles. The number of benzene rings is 1. The molecule has 0 bridgehead atoms. The third kappa shape index (κ3) is 2.71. The van der Waals surface area contributed by atoms with Crippen molar-refractivity contribution in [3.8, 4) is 0 Å². The quantitative estimate of drug-likeness (QED) is 0.796. The van der Waals surface area contributed by atoms with Gasteiger partial charge in [-0.15, -0.1) is 0 Å². The van der Waals surface area contributed by atoms with Crippen molar-refractivity contribution in [3.63, 3.8) is 0 Å². The monoisotopic (exact) mass is 276 g/mol. The van der Waals surface area contributed by atoms with E-state index in [1.165, 1.54) is 0 Å². The summed E-state index contributed by atoms with van der Waals surface area (Å²) in [4.78, 5) is 10.4. The number of hydrogen-bond acceptors (Lipinski definition) is 1. The first-order valence-electron chi connectivity index (χ1n) is 4.16. The van der Waals surface area contributed by atoms with Crippen LogP contribution in [0.2, 0.25) is 0 Å². The Morgan fingerprint density at radius 1 is 1.00 bits per heavy atom. The zero-order chi connectivity index (χ0) is 14.3. The Morgan fingerprint density at radius 2 is 1.50 bits per heavy atom. The van der Waals surface area contributed by atoms with E-state index in [9.17, 15) is 35.5 Å². The highest BCUT2D eigenvalue weighted by molar-refractivity contribution is 5.90. The van der Waals surface area contributed by atoms with Gasteiger partial charge in [-0.2, -0.15) is 26.3 Å². The first kappa shape index (κ1) is 14.3. The average molecular weight is 276 g/mol. The average Bonchev–Trinajstić information content (AvgIpc) is 2.12. The van der Waals surface area contributed by atoms with Crippen LogP contribution in [0.3, 0.4) is 0 Å². The summed E-state index contributed by atoms with van der Waals surface area (Å²) >= 11 is 0. The Kier molecular flexibility index (Phi) is 3.28. The van der Waals surface area contributed by atoms with Crippen LogP contribution in [0.25, 0.3) is 0 Å². The van der Waals surface area contributed by atoms with Gasteiger partial charge in [0, 0.05) is 0 Å². The molecule has 0 spiro atoms. The summed E-state index contributed by atoms with van der Waals surface area (Å²) in [6.45, 7) is 0. The molecule has 0 aliphatic rings. The molecule has 0 aliphatic heterocycles. The highest BCUT2D eigenvalue weighted by Crippen LogP contribution is 2.38. The maximum atomic E-state index is 13.0. The third-order valence-corrected chi connectivity index (χ3v) is 1.94. The maximum Gasteiger partial charge on any atom is 0.417 e. The Hall–Kier alpha value is -1.80. The lowest BCUT2D eigenvalue weighted by atomic mass is 10.0. The molecule has 0 radical (unpaired) electrons. The Balaban J connectivity index is 3.64. The fourth-order valence-corrected chi connectivity index (χ4v) is 1.21. The Bertz CT molecular complexity index is 487. The van der Waals surface area contributed by atoms with Crippen molar-refractivity contribution in [1.29, 1.82) is 0 Å². The van der Waals surface area contributed by atoms with E-state index in [1.807, 2.05) is 0 Å². The van der Waals surface area contributed by atoms with Crippen molar-refractivity contribution in [2.24, 2.45) is 0 Å². The summed E-state index contributed by atoms with van der Waals surface area (Å²) in [6, 6.07) is -0.731. The van der Waals surface area contributed by atoms with E-state index in [-0.39, 0.29) is 6.07 Å². The lowest BCUT2D eigenvalue weighted by molar-refractivity contribution is -0.143. The summed E-state index contributed by atoms with van der Waals surface area (Å²) < 4.78 is 86.7. The molecule has 1 rings (SSSR count). The van der Waals surface area contributed by atoms with Gasteiger partial charge in [-0.05, 0) is 12.1 Å². The number of aromatic carboxylic acids is 1. The molecule has 0 aliphatic carbocycles. The fraction of sp³-hybridized carbons (Fsp3) is 0.222. The van der Waals surface area contributed by atoms with Crippen LogP contribution in [0, 0.1) is 5.82 Å². The summed E-state index contributed by atoms with van der Waals surface area (Å²) in [6.07, 6.45) is -10.6. The van der Waals surface area contributed by atoms with Gasteiger partial charge in [-0.25, -0.2) is 9.18 Å². The highest BCUT2D eigenvalue weighted by Gasteiger charge is 2.41. The molecular weight excluding hydrogens is 273 g/mol. The molecule has 1 aromatic rings. The van der Waals surface area contributed by atoms with E-state index < -0.39 is 46.9 Å². The zero-order valence-corrected chi connectivity index (χ0v) is 8.16. The number of alkyl halides is 6. The predicted octanol–water partition coefficient (Wildman–Crippen LogP) is 3.56. The van der Waals surface area contributed by atoms with Crippen LogP contribution in [-0.2, 0) is 12.4 Å². The molecule has 2 nitrogen and oxygen atoms in total. The molecule has 0 aromatic heterocycles. The van der Waals surface area contributed by atoms with E-state index >= 15 is 0 Å². The smallest absolute Gasteiger partial charge is 0.417 e. The zero-order valence-electron chi connectivity index (χ0n) is 8.16. The van der Waals surface area contributed by atoms with Crippen molar-refractivity contribution in [3.05, 3.63) is 34.6 Å². The molecule has 0 saturated carbocycles. The first-order chi connectivity index (χ1) is 7.94. The molecule has 0 atom stereocenters. The predicted molar refractivity (Wildman–Crippen MR) is 43.4 cm³/mol. The van der Waals surface area contributed by atoms with Crippen molar-refractivity contribution in [2.75, 3.05) is 0 Å². The normalized spacial score (nSPS) is 12.6. The van der Waals surface area contributed by atoms with Gasteiger partial charge in [0.2, 0.25) is 0 Å². The number of hydrogen-bond donors (Lipinski definition) is 1. The summed E-state index contributed by atoms with van der Waals surface area (Å²) in [7, 11) is 0. The molecule has 1 N–H and O–H groups in total. The van der Waals surface area contributed by atoms with Crippen LogP contribution in [0.4, 0.5) is 30.7 Å². The van der Waals surface area contributed by atoms with Crippen molar-refractivity contribution in [2.45, 2.75) is 12.4 Å². The number of rotatable bonds is 1. The molecule has 0 fully saturated rings. The van der Waals surface area contributed by atoms with Crippen molar-refractivity contribution < 1.29 is 40.6 Å². The molecular formula is C9H3F7O2. The van der Waals surface area contributed by atoms with Crippen LogP contribution in [0.1, 0.15) is 21.5 Å². The standard InChI is InChI=1S/C9H3F7O2/c10-5-2-3(8(11,12)13)1-4(9(14,15)16)6(5)7(17)18/h1-2H,(H,17,18). The molecule has 0 heterocycles. The maximum absolute atomic E-state index is 13.0. The van der Waals surface area contributed by atoms with E-state index in [0.29, 0.717) is 0 Å². The van der Waals surface area contributed by atoms with E-state index in [2.05, 4.69) is 0 Å². The summed E-state index contributed by atoms with van der Waals surface area (Å²) in [5.74, 6) is -4.39. The van der Waals surface area contributed by atoms with Crippen LogP contribution in [0.15, 0.2) is 12.1 Å². The molecule has 0 unspecified atom stereocenters. The highest BCUT2D eigenvalue weighted by atomic mass is 19.4. The summed E-state index contributed by atoms with van der Waals surface area (Å²) in [5.41, 5.74) is -5.92. The SMILES string of the molecule is O=C(O)c1c(F)cc(C(F)(F)F)cc1C(F)(F)F. The molecule has 18 heavy (non-hydrogen) atoms. The third-order valence-electron chi connectivity index (χ3n) is 1.94. The van der Waals surface area contributed by atoms with E-state index in [0.717, 1.165) is 0 Å². The second kappa shape index (κ2) is 4.14. The van der Waals surface area contributed by atoms with Gasteiger partial charge in [0.05, 0.1) is 11.1 Å². The number of carboxylic acids is 1. The Labute approximate surface area is 94.6 Å². The van der Waals surface area contributed by atoms with E-state index in [4.69, 9.17) is 5.11 Å². The lowest BCUT2D eigenvalue weighted by Gasteiger charge is -2.14. The van der Waals surface area contributed by atoms with Crippen LogP contribution < -0.4 is 0 Å². The van der Waals surface area contributed by atoms with Crippen molar-refractivity contribution >= 4 is 5.97 Å². The van der Waals surface area contributed by atoms with Crippen LogP contribution >= 0.6 is 0 Å². The minimum absolute atomic E-state index is 0.293. The molecule has 0 amide bonds. The van der Waals surface area contributed by atoms with Gasteiger partial charge in [0.15, 0.2) is 0 Å². The minimum Gasteiger partial charge on any atom is -0.478 e. The molecule has 100 valence electrons. The second-order valence-corrected chi connectivity index (χ2v) is 3.18. The van der Waals surface area contributed by atoms with Gasteiger partial charge in [0.25, 0.3) is 0 Å².